The van der Waals surface area contributed by atoms with Crippen LogP contribution < -0.4 is 11.1 Å². The van der Waals surface area contributed by atoms with Gasteiger partial charge in [0.15, 0.2) is 0 Å². The van der Waals surface area contributed by atoms with Gasteiger partial charge in [0.25, 0.3) is 0 Å². The van der Waals surface area contributed by atoms with E-state index in [1.807, 2.05) is 30.3 Å². The lowest BCUT2D eigenvalue weighted by molar-refractivity contribution is -0.122. The van der Waals surface area contributed by atoms with Crippen LogP contribution in [0.15, 0.2) is 48.5 Å². The Bertz CT molecular complexity index is 619. The number of amides is 1. The molecule has 0 saturated carbocycles. The van der Waals surface area contributed by atoms with Gasteiger partial charge in [-0.1, -0.05) is 54.1 Å². The van der Waals surface area contributed by atoms with Gasteiger partial charge in [-0.05, 0) is 18.1 Å². The van der Waals surface area contributed by atoms with Crippen LogP contribution in [-0.4, -0.2) is 11.9 Å². The summed E-state index contributed by atoms with van der Waals surface area (Å²) in [5, 5.41) is 2.66. The van der Waals surface area contributed by atoms with Crippen molar-refractivity contribution in [1.29, 1.82) is 0 Å². The molecule has 110 valence electrons. The molecular formula is C16H16ClFN2O. The summed E-state index contributed by atoms with van der Waals surface area (Å²) >= 11 is 5.69. The zero-order valence-corrected chi connectivity index (χ0v) is 12.1. The second kappa shape index (κ2) is 7.20. The van der Waals surface area contributed by atoms with E-state index in [1.54, 1.807) is 12.1 Å². The summed E-state index contributed by atoms with van der Waals surface area (Å²) in [6, 6.07) is 13.5. The Hall–Kier alpha value is -1.91. The number of benzene rings is 2. The van der Waals surface area contributed by atoms with E-state index < -0.39 is 11.9 Å². The lowest BCUT2D eigenvalue weighted by atomic mass is 10.1. The lowest BCUT2D eigenvalue weighted by Gasteiger charge is -2.13. The first-order valence-corrected chi connectivity index (χ1v) is 6.96. The molecule has 2 aromatic carbocycles. The first-order valence-electron chi connectivity index (χ1n) is 6.58. The van der Waals surface area contributed by atoms with Gasteiger partial charge in [-0.15, -0.1) is 0 Å². The van der Waals surface area contributed by atoms with Gasteiger partial charge < -0.3 is 11.1 Å². The van der Waals surface area contributed by atoms with Gasteiger partial charge in [0, 0.05) is 12.1 Å². The fourth-order valence-corrected chi connectivity index (χ4v) is 2.15. The third kappa shape index (κ3) is 4.28. The molecule has 2 rings (SSSR count). The minimum Gasteiger partial charge on any atom is -0.351 e. The molecule has 0 aliphatic rings. The molecule has 0 saturated heterocycles. The molecular weight excluding hydrogens is 291 g/mol. The highest BCUT2D eigenvalue weighted by molar-refractivity contribution is 6.30. The molecule has 1 atom stereocenters. The molecule has 21 heavy (non-hydrogen) atoms. The molecule has 0 bridgehead atoms. The van der Waals surface area contributed by atoms with E-state index in [9.17, 15) is 9.18 Å². The Morgan fingerprint density at radius 3 is 2.62 bits per heavy atom. The first kappa shape index (κ1) is 15.5. The zero-order chi connectivity index (χ0) is 15.2. The molecule has 0 spiro atoms. The topological polar surface area (TPSA) is 55.1 Å². The zero-order valence-electron chi connectivity index (χ0n) is 11.4. The van der Waals surface area contributed by atoms with Gasteiger partial charge in [0.05, 0.1) is 11.1 Å². The smallest absolute Gasteiger partial charge is 0.237 e. The van der Waals surface area contributed by atoms with E-state index in [0.29, 0.717) is 12.0 Å². The standard InChI is InChI=1S/C16H16ClFN2O/c17-13-8-4-7-12(15(13)18)10-20-16(21)14(19)9-11-5-2-1-3-6-11/h1-8,14H,9-10,19H2,(H,20,21). The van der Waals surface area contributed by atoms with Crippen LogP contribution in [-0.2, 0) is 17.8 Å². The highest BCUT2D eigenvalue weighted by atomic mass is 35.5. The largest absolute Gasteiger partial charge is 0.351 e. The van der Waals surface area contributed by atoms with Crippen molar-refractivity contribution in [2.75, 3.05) is 0 Å². The molecule has 3 N–H and O–H groups in total. The Kier molecular flexibility index (Phi) is 5.31. The normalized spacial score (nSPS) is 12.0. The van der Waals surface area contributed by atoms with Crippen molar-refractivity contribution in [3.8, 4) is 0 Å². The molecule has 3 nitrogen and oxygen atoms in total. The van der Waals surface area contributed by atoms with Crippen molar-refractivity contribution in [3.05, 3.63) is 70.5 Å². The van der Waals surface area contributed by atoms with Crippen LogP contribution >= 0.6 is 11.6 Å². The predicted molar refractivity (Wildman–Crippen MR) is 81.4 cm³/mol. The molecule has 0 aliphatic heterocycles. The van der Waals surface area contributed by atoms with E-state index in [2.05, 4.69) is 5.32 Å². The fraction of sp³-hybridized carbons (Fsp3) is 0.188. The number of nitrogens with two attached hydrogens (primary N) is 1. The van der Waals surface area contributed by atoms with E-state index in [4.69, 9.17) is 17.3 Å². The fourth-order valence-electron chi connectivity index (χ4n) is 1.96. The average molecular weight is 307 g/mol. The van der Waals surface area contributed by atoms with E-state index in [1.165, 1.54) is 6.07 Å². The van der Waals surface area contributed by atoms with Crippen LogP contribution in [0.25, 0.3) is 0 Å². The van der Waals surface area contributed by atoms with Crippen molar-refractivity contribution in [1.82, 2.24) is 5.32 Å². The number of nitrogens with one attached hydrogen (secondary N) is 1. The second-order valence-electron chi connectivity index (χ2n) is 4.73. The summed E-state index contributed by atoms with van der Waals surface area (Å²) in [4.78, 5) is 11.9. The Balaban J connectivity index is 1.91. The summed E-state index contributed by atoms with van der Waals surface area (Å²) in [6.07, 6.45) is 0.435. The summed E-state index contributed by atoms with van der Waals surface area (Å²) in [5.41, 5.74) is 7.17. The van der Waals surface area contributed by atoms with Crippen LogP contribution in [0.5, 0.6) is 0 Å². The number of hydrogen-bond donors (Lipinski definition) is 2. The van der Waals surface area contributed by atoms with Crippen molar-refractivity contribution in [2.24, 2.45) is 5.73 Å². The molecule has 0 aliphatic carbocycles. The van der Waals surface area contributed by atoms with E-state index in [-0.39, 0.29) is 17.5 Å². The van der Waals surface area contributed by atoms with Crippen LogP contribution in [0.1, 0.15) is 11.1 Å². The van der Waals surface area contributed by atoms with Gasteiger partial charge >= 0.3 is 0 Å². The SMILES string of the molecule is NC(Cc1ccccc1)C(=O)NCc1cccc(Cl)c1F. The van der Waals surface area contributed by atoms with Crippen molar-refractivity contribution >= 4 is 17.5 Å². The third-order valence-corrected chi connectivity index (χ3v) is 3.41. The van der Waals surface area contributed by atoms with Gasteiger partial charge in [0.2, 0.25) is 5.91 Å². The minimum atomic E-state index is -0.672. The first-order chi connectivity index (χ1) is 10.1. The second-order valence-corrected chi connectivity index (χ2v) is 5.13. The minimum absolute atomic E-state index is 0.0373. The maximum absolute atomic E-state index is 13.7. The Labute approximate surface area is 127 Å². The van der Waals surface area contributed by atoms with Crippen molar-refractivity contribution in [2.45, 2.75) is 19.0 Å². The average Bonchev–Trinajstić information content (AvgIpc) is 2.49. The van der Waals surface area contributed by atoms with Crippen LogP contribution in [0.2, 0.25) is 5.02 Å². The third-order valence-electron chi connectivity index (χ3n) is 3.12. The molecule has 0 fully saturated rings. The maximum atomic E-state index is 13.7. The van der Waals surface area contributed by atoms with Crippen LogP contribution in [0.4, 0.5) is 4.39 Å². The number of hydrogen-bond acceptors (Lipinski definition) is 2. The molecule has 5 heteroatoms. The van der Waals surface area contributed by atoms with Crippen molar-refractivity contribution < 1.29 is 9.18 Å². The van der Waals surface area contributed by atoms with Crippen LogP contribution in [0, 0.1) is 5.82 Å². The number of halogens is 2. The summed E-state index contributed by atoms with van der Waals surface area (Å²) < 4.78 is 13.7. The molecule has 2 aromatic rings. The Morgan fingerprint density at radius 2 is 1.90 bits per heavy atom. The number of carbonyl (C=O) groups excluding carboxylic acids is 1. The van der Waals surface area contributed by atoms with E-state index in [0.717, 1.165) is 5.56 Å². The van der Waals surface area contributed by atoms with E-state index >= 15 is 0 Å². The molecule has 1 unspecified atom stereocenters. The van der Waals surface area contributed by atoms with Gasteiger partial charge in [0.1, 0.15) is 5.82 Å². The molecule has 0 radical (unpaired) electrons. The summed E-state index contributed by atoms with van der Waals surface area (Å²) in [6.45, 7) is 0.0632. The van der Waals surface area contributed by atoms with Gasteiger partial charge in [-0.25, -0.2) is 4.39 Å². The Morgan fingerprint density at radius 1 is 1.19 bits per heavy atom. The maximum Gasteiger partial charge on any atom is 0.237 e. The van der Waals surface area contributed by atoms with Gasteiger partial charge in [-0.2, -0.15) is 0 Å². The number of carbonyl (C=O) groups is 1. The predicted octanol–water partition coefficient (Wildman–Crippen LogP) is 2.67. The summed E-state index contributed by atoms with van der Waals surface area (Å²) in [5.74, 6) is -0.839. The highest BCUT2D eigenvalue weighted by Gasteiger charge is 2.14. The molecule has 0 aromatic heterocycles. The molecule has 1 amide bonds. The quantitative estimate of drug-likeness (QED) is 0.892. The molecule has 0 heterocycles. The highest BCUT2D eigenvalue weighted by Crippen LogP contribution is 2.17. The monoisotopic (exact) mass is 306 g/mol. The summed E-state index contributed by atoms with van der Waals surface area (Å²) in [7, 11) is 0. The van der Waals surface area contributed by atoms with Gasteiger partial charge in [-0.3, -0.25) is 4.79 Å². The van der Waals surface area contributed by atoms with Crippen molar-refractivity contribution in [3.63, 3.8) is 0 Å². The van der Waals surface area contributed by atoms with Crippen LogP contribution in [0.3, 0.4) is 0 Å². The number of rotatable bonds is 5. The lowest BCUT2D eigenvalue weighted by Crippen LogP contribution is -2.41.